The van der Waals surface area contributed by atoms with Crippen molar-refractivity contribution in [2.45, 2.75) is 269 Å². The monoisotopic (exact) mass is 957 g/mol. The minimum Gasteiger partial charge on any atom is -0.462 e. The quantitative estimate of drug-likeness (QED) is 0.0196. The van der Waals surface area contributed by atoms with Crippen LogP contribution in [-0.4, -0.2) is 96.0 Å². The Bertz CT molecular complexity index is 1350. The highest BCUT2D eigenvalue weighted by Crippen LogP contribution is 2.24. The van der Waals surface area contributed by atoms with E-state index in [1.165, 1.54) is 148 Å². The highest BCUT2D eigenvalue weighted by molar-refractivity contribution is 7.85. The van der Waals surface area contributed by atoms with E-state index in [0.717, 1.165) is 38.5 Å². The molecule has 4 N–H and O–H groups in total. The Morgan fingerprint density at radius 3 is 1.39 bits per heavy atom. The van der Waals surface area contributed by atoms with E-state index in [4.69, 9.17) is 18.9 Å². The van der Waals surface area contributed by atoms with Crippen LogP contribution in [-0.2, 0) is 38.7 Å². The van der Waals surface area contributed by atoms with Crippen LogP contribution in [0.3, 0.4) is 0 Å². The maximum Gasteiger partial charge on any atom is 0.306 e. The smallest absolute Gasteiger partial charge is 0.306 e. The standard InChI is InChI=1S/C53H96O12S/c1-3-5-7-9-11-13-15-17-19-21-22-23-24-26-28-30-32-34-36-38-40-42-49(55)64-46(44-63-53-52(58)51(57)50(56)47(65-53)45-66(59,60)61)43-62-48(54)41-39-37-35-33-31-29-27-25-20-18-16-14-12-10-8-6-4-2/h18,20,27,29,33,35,46-47,50-53,56-58H,3-17,19,21-26,28,30-32,34,36-45H2,1-2H3,(H,59,60,61)/b20-18+,29-27+,35-33+/t46-,47-,50-,51?,52?,53+/m1/s1. The van der Waals surface area contributed by atoms with Gasteiger partial charge in [0, 0.05) is 12.8 Å². The maximum absolute atomic E-state index is 12.9. The van der Waals surface area contributed by atoms with Crippen molar-refractivity contribution in [2.24, 2.45) is 0 Å². The number of unbranched alkanes of at least 4 members (excludes halogenated alkanes) is 27. The second-order valence-electron chi connectivity index (χ2n) is 18.5. The molecule has 13 heteroatoms. The van der Waals surface area contributed by atoms with Crippen molar-refractivity contribution in [3.05, 3.63) is 36.5 Å². The molecule has 1 aliphatic heterocycles. The Balaban J connectivity index is 2.38. The molecule has 0 aliphatic carbocycles. The number of rotatable bonds is 45. The van der Waals surface area contributed by atoms with Gasteiger partial charge in [-0.25, -0.2) is 0 Å². The number of aliphatic hydroxyl groups is 3. The summed E-state index contributed by atoms with van der Waals surface area (Å²) in [5, 5.41) is 31.0. The molecular formula is C53H96O12S. The first-order valence-corrected chi connectivity index (χ1v) is 28.2. The minimum absolute atomic E-state index is 0.149. The van der Waals surface area contributed by atoms with Crippen molar-refractivity contribution < 1.29 is 56.8 Å². The zero-order chi connectivity index (χ0) is 48.4. The van der Waals surface area contributed by atoms with Gasteiger partial charge >= 0.3 is 11.9 Å². The molecule has 66 heavy (non-hydrogen) atoms. The Kier molecular flexibility index (Phi) is 40.3. The lowest BCUT2D eigenvalue weighted by Crippen LogP contribution is -2.60. The van der Waals surface area contributed by atoms with Crippen molar-refractivity contribution in [2.75, 3.05) is 19.0 Å². The molecule has 2 unspecified atom stereocenters. The van der Waals surface area contributed by atoms with Gasteiger partial charge in [0.1, 0.15) is 36.8 Å². The lowest BCUT2D eigenvalue weighted by molar-refractivity contribution is -0.297. The van der Waals surface area contributed by atoms with Crippen molar-refractivity contribution >= 4 is 22.1 Å². The Hall–Kier alpha value is -2.13. The third kappa shape index (κ3) is 36.9. The van der Waals surface area contributed by atoms with Crippen LogP contribution in [0.2, 0.25) is 0 Å². The molecule has 0 aromatic heterocycles. The largest absolute Gasteiger partial charge is 0.462 e. The van der Waals surface area contributed by atoms with Gasteiger partial charge in [-0.2, -0.15) is 8.42 Å². The lowest BCUT2D eigenvalue weighted by atomic mass is 10.00. The van der Waals surface area contributed by atoms with Crippen molar-refractivity contribution in [1.29, 1.82) is 0 Å². The van der Waals surface area contributed by atoms with Crippen molar-refractivity contribution in [1.82, 2.24) is 0 Å². The number of carbonyl (C=O) groups excluding carboxylic acids is 2. The summed E-state index contributed by atoms with van der Waals surface area (Å²) in [5.41, 5.74) is 0. The number of esters is 2. The van der Waals surface area contributed by atoms with E-state index in [1.807, 2.05) is 6.08 Å². The normalized spacial score (nSPS) is 19.6. The van der Waals surface area contributed by atoms with E-state index in [9.17, 15) is 37.9 Å². The van der Waals surface area contributed by atoms with Crippen molar-refractivity contribution in [3.63, 3.8) is 0 Å². The van der Waals surface area contributed by atoms with Crippen LogP contribution in [0.15, 0.2) is 36.5 Å². The Morgan fingerprint density at radius 2 is 0.924 bits per heavy atom. The third-order valence-electron chi connectivity index (χ3n) is 12.2. The fourth-order valence-electron chi connectivity index (χ4n) is 8.11. The van der Waals surface area contributed by atoms with Crippen LogP contribution >= 0.6 is 0 Å². The summed E-state index contributed by atoms with van der Waals surface area (Å²) in [5.74, 6) is -2.04. The van der Waals surface area contributed by atoms with E-state index in [2.05, 4.69) is 44.2 Å². The second kappa shape index (κ2) is 42.9. The molecule has 0 saturated carbocycles. The van der Waals surface area contributed by atoms with Gasteiger partial charge in [0.25, 0.3) is 10.1 Å². The number of aliphatic hydroxyl groups excluding tert-OH is 3. The van der Waals surface area contributed by atoms with Crippen LogP contribution in [0.4, 0.5) is 0 Å². The van der Waals surface area contributed by atoms with E-state index < -0.39 is 71.2 Å². The molecule has 0 aromatic carbocycles. The summed E-state index contributed by atoms with van der Waals surface area (Å²) in [6, 6.07) is 0. The van der Waals surface area contributed by atoms with Gasteiger partial charge < -0.3 is 34.3 Å². The van der Waals surface area contributed by atoms with Gasteiger partial charge in [-0.05, 0) is 44.9 Å². The van der Waals surface area contributed by atoms with Crippen molar-refractivity contribution in [3.8, 4) is 0 Å². The van der Waals surface area contributed by atoms with Gasteiger partial charge in [-0.3, -0.25) is 14.1 Å². The van der Waals surface area contributed by atoms with E-state index in [-0.39, 0.29) is 19.4 Å². The zero-order valence-electron chi connectivity index (χ0n) is 41.6. The molecule has 1 rings (SSSR count). The second-order valence-corrected chi connectivity index (χ2v) is 20.0. The first-order chi connectivity index (χ1) is 32.0. The van der Waals surface area contributed by atoms with Gasteiger partial charge in [-0.15, -0.1) is 0 Å². The number of carbonyl (C=O) groups is 2. The summed E-state index contributed by atoms with van der Waals surface area (Å²) in [6.07, 6.45) is 41.9. The summed E-state index contributed by atoms with van der Waals surface area (Å²) >= 11 is 0. The van der Waals surface area contributed by atoms with Crippen LogP contribution in [0.1, 0.15) is 232 Å². The molecule has 1 heterocycles. The average Bonchev–Trinajstić information content (AvgIpc) is 3.28. The van der Waals surface area contributed by atoms with E-state index >= 15 is 0 Å². The highest BCUT2D eigenvalue weighted by atomic mass is 32.2. The SMILES string of the molecule is CCCCCCCC/C=C/C/C=C/C/C=C/CCCC(=O)OC[C@H](CO[C@H]1O[C@H](CS(=O)(=O)O)[C@@H](O)C(O)C1O)OC(=O)CCCCCCCCCCCCCCCCCCCCCCC. The topological polar surface area (TPSA) is 186 Å². The molecule has 0 bridgehead atoms. The first-order valence-electron chi connectivity index (χ1n) is 26.5. The number of hydrogen-bond donors (Lipinski definition) is 4. The molecule has 6 atom stereocenters. The van der Waals surface area contributed by atoms with Crippen LogP contribution in [0, 0.1) is 0 Å². The van der Waals surface area contributed by atoms with E-state index in [1.54, 1.807) is 0 Å². The van der Waals surface area contributed by atoms with Gasteiger partial charge in [0.15, 0.2) is 12.4 Å². The molecule has 386 valence electrons. The average molecular weight is 957 g/mol. The fraction of sp³-hybridized carbons (Fsp3) is 0.849. The molecule has 0 radical (unpaired) electrons. The molecular weight excluding hydrogens is 861 g/mol. The predicted molar refractivity (Wildman–Crippen MR) is 266 cm³/mol. The maximum atomic E-state index is 12.9. The fourth-order valence-corrected chi connectivity index (χ4v) is 8.80. The Morgan fingerprint density at radius 1 is 0.515 bits per heavy atom. The third-order valence-corrected chi connectivity index (χ3v) is 13.0. The predicted octanol–water partition coefficient (Wildman–Crippen LogP) is 12.1. The zero-order valence-corrected chi connectivity index (χ0v) is 42.4. The molecule has 1 saturated heterocycles. The van der Waals surface area contributed by atoms with Gasteiger partial charge in [0.2, 0.25) is 0 Å². The molecule has 1 fully saturated rings. The lowest BCUT2D eigenvalue weighted by Gasteiger charge is -2.40. The summed E-state index contributed by atoms with van der Waals surface area (Å²) < 4.78 is 54.2. The molecule has 1 aliphatic rings. The van der Waals surface area contributed by atoms with E-state index in [0.29, 0.717) is 19.3 Å². The highest BCUT2D eigenvalue weighted by Gasteiger charge is 2.46. The summed E-state index contributed by atoms with van der Waals surface area (Å²) in [6.45, 7) is 3.75. The molecule has 12 nitrogen and oxygen atoms in total. The molecule has 0 amide bonds. The molecule has 0 spiro atoms. The van der Waals surface area contributed by atoms with Crippen LogP contribution in [0.5, 0.6) is 0 Å². The van der Waals surface area contributed by atoms with Crippen LogP contribution < -0.4 is 0 Å². The summed E-state index contributed by atoms with van der Waals surface area (Å²) in [7, 11) is -4.61. The molecule has 0 aromatic rings. The first kappa shape index (κ1) is 61.9. The Labute approximate surface area is 401 Å². The summed E-state index contributed by atoms with van der Waals surface area (Å²) in [4.78, 5) is 25.5. The van der Waals surface area contributed by atoms with Crippen LogP contribution in [0.25, 0.3) is 0 Å². The minimum atomic E-state index is -4.61. The number of ether oxygens (including phenoxy) is 4. The van der Waals surface area contributed by atoms with Gasteiger partial charge in [-0.1, -0.05) is 211 Å². The number of hydrogen-bond acceptors (Lipinski definition) is 11. The number of allylic oxidation sites excluding steroid dienone is 6. The van der Waals surface area contributed by atoms with Gasteiger partial charge in [0.05, 0.1) is 6.61 Å².